The number of amides is 2. The Labute approximate surface area is 168 Å². The third-order valence-corrected chi connectivity index (χ3v) is 4.65. The van der Waals surface area contributed by atoms with Crippen LogP contribution < -0.4 is 11.1 Å². The van der Waals surface area contributed by atoms with Gasteiger partial charge < -0.3 is 25.5 Å². The lowest BCUT2D eigenvalue weighted by Gasteiger charge is -2.28. The van der Waals surface area contributed by atoms with E-state index >= 15 is 0 Å². The minimum absolute atomic E-state index is 0.149. The van der Waals surface area contributed by atoms with Crippen molar-refractivity contribution >= 4 is 12.0 Å². The van der Waals surface area contributed by atoms with Gasteiger partial charge in [-0.05, 0) is 19.4 Å². The van der Waals surface area contributed by atoms with Crippen molar-refractivity contribution in [2.75, 3.05) is 13.2 Å². The van der Waals surface area contributed by atoms with Crippen LogP contribution in [0.1, 0.15) is 37.1 Å². The number of carboxylic acid groups (broad SMARTS) is 1. The highest BCUT2D eigenvalue weighted by Gasteiger charge is 2.31. The van der Waals surface area contributed by atoms with E-state index in [4.69, 9.17) is 10.5 Å². The molecular formula is C19H26N6O4. The molecule has 1 aliphatic rings. The van der Waals surface area contributed by atoms with E-state index in [1.165, 1.54) is 4.90 Å². The highest BCUT2D eigenvalue weighted by atomic mass is 16.5. The van der Waals surface area contributed by atoms with Crippen LogP contribution in [0.5, 0.6) is 0 Å². The molecule has 3 rings (SSSR count). The summed E-state index contributed by atoms with van der Waals surface area (Å²) in [4.78, 5) is 25.0. The van der Waals surface area contributed by atoms with Crippen molar-refractivity contribution in [1.82, 2.24) is 25.0 Å². The molecule has 0 fully saturated rings. The Morgan fingerprint density at radius 1 is 1.28 bits per heavy atom. The lowest BCUT2D eigenvalue weighted by Crippen LogP contribution is -2.51. The SMILES string of the molecule is CC(C)(N)C(=O)N[C@H](COCc1ccccc1)c1nnc2n1CCN(C(=O)O)C2. The number of nitrogens with two attached hydrogens (primary N) is 1. The van der Waals surface area contributed by atoms with Gasteiger partial charge in [0.25, 0.3) is 0 Å². The van der Waals surface area contributed by atoms with Crippen LogP contribution >= 0.6 is 0 Å². The average molecular weight is 402 g/mol. The number of hydrogen-bond donors (Lipinski definition) is 3. The highest BCUT2D eigenvalue weighted by Crippen LogP contribution is 2.19. The molecule has 2 aromatic rings. The normalized spacial score (nSPS) is 14.9. The lowest BCUT2D eigenvalue weighted by atomic mass is 10.1. The third-order valence-electron chi connectivity index (χ3n) is 4.65. The molecule has 2 amide bonds. The second kappa shape index (κ2) is 8.58. The van der Waals surface area contributed by atoms with Crippen molar-refractivity contribution in [2.24, 2.45) is 5.73 Å². The van der Waals surface area contributed by atoms with Crippen LogP contribution in [0.15, 0.2) is 30.3 Å². The number of rotatable bonds is 7. The smallest absolute Gasteiger partial charge is 0.407 e. The summed E-state index contributed by atoms with van der Waals surface area (Å²) in [5.74, 6) is 0.713. The fourth-order valence-electron chi connectivity index (χ4n) is 3.00. The molecule has 10 heteroatoms. The largest absolute Gasteiger partial charge is 0.465 e. The molecule has 4 N–H and O–H groups in total. The zero-order chi connectivity index (χ0) is 21.0. The van der Waals surface area contributed by atoms with Gasteiger partial charge in [0.2, 0.25) is 5.91 Å². The van der Waals surface area contributed by atoms with Crippen molar-refractivity contribution in [1.29, 1.82) is 0 Å². The number of carbonyl (C=O) groups is 2. The van der Waals surface area contributed by atoms with Crippen LogP contribution in [-0.4, -0.2) is 55.5 Å². The summed E-state index contributed by atoms with van der Waals surface area (Å²) in [5.41, 5.74) is 5.87. The first-order valence-corrected chi connectivity index (χ1v) is 9.37. The molecule has 29 heavy (non-hydrogen) atoms. The van der Waals surface area contributed by atoms with Gasteiger partial charge in [-0.2, -0.15) is 0 Å². The van der Waals surface area contributed by atoms with Gasteiger partial charge in [-0.1, -0.05) is 30.3 Å². The highest BCUT2D eigenvalue weighted by molar-refractivity contribution is 5.85. The zero-order valence-corrected chi connectivity index (χ0v) is 16.5. The summed E-state index contributed by atoms with van der Waals surface area (Å²) in [7, 11) is 0. The van der Waals surface area contributed by atoms with E-state index in [1.54, 1.807) is 13.8 Å². The molecule has 0 saturated heterocycles. The van der Waals surface area contributed by atoms with Crippen LogP contribution in [0.4, 0.5) is 4.79 Å². The monoisotopic (exact) mass is 402 g/mol. The molecule has 1 aliphatic heterocycles. The van der Waals surface area contributed by atoms with Crippen LogP contribution in [-0.2, 0) is 29.2 Å². The van der Waals surface area contributed by atoms with Gasteiger partial charge in [0.1, 0.15) is 6.04 Å². The van der Waals surface area contributed by atoms with E-state index in [0.717, 1.165) is 5.56 Å². The first-order chi connectivity index (χ1) is 13.8. The molecule has 0 bridgehead atoms. The molecule has 1 aromatic heterocycles. The van der Waals surface area contributed by atoms with Gasteiger partial charge in [0.05, 0.1) is 25.3 Å². The molecule has 1 aromatic carbocycles. The van der Waals surface area contributed by atoms with Crippen LogP contribution in [0, 0.1) is 0 Å². The molecule has 0 unspecified atom stereocenters. The number of fused-ring (bicyclic) bond motifs is 1. The first kappa shape index (κ1) is 20.7. The molecule has 2 heterocycles. The van der Waals surface area contributed by atoms with E-state index in [2.05, 4.69) is 15.5 Å². The molecule has 0 aliphatic carbocycles. The third kappa shape index (κ3) is 5.09. The molecule has 0 saturated carbocycles. The maximum atomic E-state index is 12.5. The predicted molar refractivity (Wildman–Crippen MR) is 104 cm³/mol. The molecule has 0 spiro atoms. The molecule has 1 atom stereocenters. The maximum Gasteiger partial charge on any atom is 0.407 e. The number of aromatic nitrogens is 3. The Hall–Kier alpha value is -2.98. The van der Waals surface area contributed by atoms with E-state index in [0.29, 0.717) is 31.3 Å². The fourth-order valence-corrected chi connectivity index (χ4v) is 3.00. The van der Waals surface area contributed by atoms with Crippen molar-refractivity contribution < 1.29 is 19.4 Å². The van der Waals surface area contributed by atoms with Crippen molar-refractivity contribution in [3.63, 3.8) is 0 Å². The second-order valence-electron chi connectivity index (χ2n) is 7.58. The van der Waals surface area contributed by atoms with E-state index in [1.807, 2.05) is 34.9 Å². The Morgan fingerprint density at radius 2 is 2.00 bits per heavy atom. The van der Waals surface area contributed by atoms with E-state index in [-0.39, 0.29) is 19.1 Å². The topological polar surface area (TPSA) is 136 Å². The molecule has 0 radical (unpaired) electrons. The fraction of sp³-hybridized carbons (Fsp3) is 0.474. The zero-order valence-electron chi connectivity index (χ0n) is 16.5. The predicted octanol–water partition coefficient (Wildman–Crippen LogP) is 0.883. The number of benzene rings is 1. The number of carbonyl (C=O) groups excluding carboxylic acids is 1. The van der Waals surface area contributed by atoms with Gasteiger partial charge in [-0.25, -0.2) is 4.79 Å². The summed E-state index contributed by atoms with van der Waals surface area (Å²) in [5, 5.41) is 20.4. The Morgan fingerprint density at radius 3 is 2.66 bits per heavy atom. The van der Waals surface area contributed by atoms with Crippen LogP contribution in [0.25, 0.3) is 0 Å². The van der Waals surface area contributed by atoms with Crippen molar-refractivity contribution in [3.8, 4) is 0 Å². The Bertz CT molecular complexity index is 861. The minimum Gasteiger partial charge on any atom is -0.465 e. The quantitative estimate of drug-likeness (QED) is 0.625. The maximum absolute atomic E-state index is 12.5. The summed E-state index contributed by atoms with van der Waals surface area (Å²) in [6, 6.07) is 9.13. The lowest BCUT2D eigenvalue weighted by molar-refractivity contribution is -0.126. The van der Waals surface area contributed by atoms with E-state index in [9.17, 15) is 14.7 Å². The van der Waals surface area contributed by atoms with Crippen molar-refractivity contribution in [3.05, 3.63) is 47.5 Å². The van der Waals surface area contributed by atoms with Gasteiger partial charge in [0, 0.05) is 13.1 Å². The van der Waals surface area contributed by atoms with Gasteiger partial charge in [-0.3, -0.25) is 9.69 Å². The number of hydrogen-bond acceptors (Lipinski definition) is 6. The van der Waals surface area contributed by atoms with Gasteiger partial charge in [0.15, 0.2) is 11.6 Å². The second-order valence-corrected chi connectivity index (χ2v) is 7.58. The van der Waals surface area contributed by atoms with Crippen LogP contribution in [0.3, 0.4) is 0 Å². The van der Waals surface area contributed by atoms with Gasteiger partial charge >= 0.3 is 6.09 Å². The summed E-state index contributed by atoms with van der Waals surface area (Å²) in [6.45, 7) is 4.67. The van der Waals surface area contributed by atoms with Gasteiger partial charge in [-0.15, -0.1) is 10.2 Å². The number of ether oxygens (including phenoxy) is 1. The first-order valence-electron chi connectivity index (χ1n) is 9.37. The van der Waals surface area contributed by atoms with E-state index < -0.39 is 17.7 Å². The molecule has 10 nitrogen and oxygen atoms in total. The standard InChI is InChI=1S/C19H26N6O4/c1-19(2,20)17(26)21-14(12-29-11-13-6-4-3-5-7-13)16-23-22-15-10-24(18(27)28)8-9-25(15)16/h3-7,14H,8-12,20H2,1-2H3,(H,21,26)(H,27,28)/t14-/m1/s1. The number of nitrogens with one attached hydrogen (secondary N) is 1. The molecular weight excluding hydrogens is 376 g/mol. The average Bonchev–Trinajstić information content (AvgIpc) is 3.10. The molecule has 156 valence electrons. The number of nitrogens with zero attached hydrogens (tertiary/aromatic N) is 4. The minimum atomic E-state index is -1.07. The van der Waals surface area contributed by atoms with Crippen LogP contribution in [0.2, 0.25) is 0 Å². The summed E-state index contributed by atoms with van der Waals surface area (Å²) >= 11 is 0. The summed E-state index contributed by atoms with van der Waals surface area (Å²) in [6.07, 6.45) is -0.998. The summed E-state index contributed by atoms with van der Waals surface area (Å²) < 4.78 is 7.66. The Kier molecular flexibility index (Phi) is 6.14. The van der Waals surface area contributed by atoms with Crippen molar-refractivity contribution in [2.45, 2.75) is 45.1 Å². The Balaban J connectivity index is 1.76.